The lowest BCUT2D eigenvalue weighted by molar-refractivity contribution is 0.132. The third-order valence-corrected chi connectivity index (χ3v) is 2.77. The van der Waals surface area contributed by atoms with Crippen LogP contribution in [-0.4, -0.2) is 13.3 Å². The molecule has 2 aromatic carbocycles. The van der Waals surface area contributed by atoms with E-state index in [1.807, 2.05) is 24.3 Å². The second-order valence-electron chi connectivity index (χ2n) is 4.25. The van der Waals surface area contributed by atoms with Gasteiger partial charge in [0, 0.05) is 11.1 Å². The Morgan fingerprint density at radius 1 is 1.14 bits per heavy atom. The number of benzene rings is 2. The molecule has 0 aliphatic rings. The Morgan fingerprint density at radius 3 is 2.57 bits per heavy atom. The van der Waals surface area contributed by atoms with Gasteiger partial charge in [-0.1, -0.05) is 35.5 Å². The highest BCUT2D eigenvalue weighted by Gasteiger charge is 2.06. The van der Waals surface area contributed by atoms with Crippen LogP contribution in [0.2, 0.25) is 0 Å². The number of hydrogen-bond donors (Lipinski definition) is 0. The second kappa shape index (κ2) is 7.38. The highest BCUT2D eigenvalue weighted by atomic mass is 19.3. The molecule has 0 amide bonds. The summed E-state index contributed by atoms with van der Waals surface area (Å²) < 4.78 is 30.1. The van der Waals surface area contributed by atoms with Crippen LogP contribution in [0.1, 0.15) is 23.1 Å². The Labute approximate surface area is 121 Å². The van der Waals surface area contributed by atoms with E-state index in [0.29, 0.717) is 5.56 Å². The van der Waals surface area contributed by atoms with E-state index in [9.17, 15) is 8.78 Å². The van der Waals surface area contributed by atoms with Crippen LogP contribution >= 0.6 is 0 Å². The van der Waals surface area contributed by atoms with Gasteiger partial charge < -0.3 is 9.57 Å². The van der Waals surface area contributed by atoms with Crippen LogP contribution in [0, 0.1) is 0 Å². The molecule has 3 nitrogen and oxygen atoms in total. The predicted molar refractivity (Wildman–Crippen MR) is 75.7 cm³/mol. The van der Waals surface area contributed by atoms with Gasteiger partial charge in [-0.2, -0.15) is 0 Å². The molecule has 2 rings (SSSR count). The van der Waals surface area contributed by atoms with Crippen molar-refractivity contribution >= 4 is 6.21 Å². The summed E-state index contributed by atoms with van der Waals surface area (Å²) in [4.78, 5) is 5.08. The summed E-state index contributed by atoms with van der Waals surface area (Å²) in [6, 6.07) is 13.2. The SMILES string of the molecule is COc1ccc(CO/N=[C]\c2cccc(C(F)F)c2)cc1. The zero-order chi connectivity index (χ0) is 15.1. The van der Waals surface area contributed by atoms with Crippen molar-refractivity contribution in [3.05, 3.63) is 65.2 Å². The first-order chi connectivity index (χ1) is 10.2. The van der Waals surface area contributed by atoms with E-state index in [-0.39, 0.29) is 12.2 Å². The molecule has 0 aliphatic heterocycles. The van der Waals surface area contributed by atoms with Crippen molar-refractivity contribution in [1.29, 1.82) is 0 Å². The van der Waals surface area contributed by atoms with E-state index in [1.54, 1.807) is 13.2 Å². The van der Waals surface area contributed by atoms with Gasteiger partial charge in [0.2, 0.25) is 0 Å². The highest BCUT2D eigenvalue weighted by Crippen LogP contribution is 2.18. The van der Waals surface area contributed by atoms with Crippen molar-refractivity contribution in [3.63, 3.8) is 0 Å². The van der Waals surface area contributed by atoms with Gasteiger partial charge in [0.1, 0.15) is 18.6 Å². The Hall–Kier alpha value is -2.43. The van der Waals surface area contributed by atoms with Crippen LogP contribution in [0.15, 0.2) is 53.7 Å². The predicted octanol–water partition coefficient (Wildman–Crippen LogP) is 4.06. The number of nitrogens with zero attached hydrogens (tertiary/aromatic N) is 1. The minimum absolute atomic E-state index is 0.0645. The molecule has 0 bridgehead atoms. The smallest absolute Gasteiger partial charge is 0.263 e. The minimum Gasteiger partial charge on any atom is -0.497 e. The Kier molecular flexibility index (Phi) is 5.26. The van der Waals surface area contributed by atoms with Gasteiger partial charge in [0.05, 0.1) is 7.11 Å². The lowest BCUT2D eigenvalue weighted by Gasteiger charge is -2.02. The molecule has 0 aliphatic carbocycles. The fourth-order valence-electron chi connectivity index (χ4n) is 1.66. The van der Waals surface area contributed by atoms with Gasteiger partial charge in [-0.3, -0.25) is 0 Å². The van der Waals surface area contributed by atoms with Crippen molar-refractivity contribution in [3.8, 4) is 5.75 Å². The molecule has 0 heterocycles. The highest BCUT2D eigenvalue weighted by molar-refractivity contribution is 5.79. The Bertz CT molecular complexity index is 597. The summed E-state index contributed by atoms with van der Waals surface area (Å²) in [7, 11) is 1.60. The van der Waals surface area contributed by atoms with Gasteiger partial charge in [0.15, 0.2) is 0 Å². The van der Waals surface area contributed by atoms with Gasteiger partial charge in [-0.25, -0.2) is 8.78 Å². The number of halogens is 2. The molecule has 0 atom stereocenters. The topological polar surface area (TPSA) is 30.8 Å². The van der Waals surface area contributed by atoms with Crippen LogP contribution in [0.3, 0.4) is 0 Å². The summed E-state index contributed by atoms with van der Waals surface area (Å²) in [5.74, 6) is 0.762. The average molecular weight is 290 g/mol. The fraction of sp³-hybridized carbons (Fsp3) is 0.188. The van der Waals surface area contributed by atoms with E-state index in [1.165, 1.54) is 18.2 Å². The third-order valence-electron chi connectivity index (χ3n) is 2.77. The zero-order valence-corrected chi connectivity index (χ0v) is 11.4. The molecular formula is C16H14F2NO2. The molecule has 0 fully saturated rings. The van der Waals surface area contributed by atoms with E-state index in [0.717, 1.165) is 11.3 Å². The number of ether oxygens (including phenoxy) is 1. The fourth-order valence-corrected chi connectivity index (χ4v) is 1.66. The maximum atomic E-state index is 12.5. The first-order valence-corrected chi connectivity index (χ1v) is 6.28. The van der Waals surface area contributed by atoms with Gasteiger partial charge in [-0.05, 0) is 23.8 Å². The molecular weight excluding hydrogens is 276 g/mol. The largest absolute Gasteiger partial charge is 0.497 e. The van der Waals surface area contributed by atoms with Crippen LogP contribution in [0.5, 0.6) is 5.75 Å². The van der Waals surface area contributed by atoms with Crippen molar-refractivity contribution in [2.24, 2.45) is 5.16 Å². The molecule has 21 heavy (non-hydrogen) atoms. The molecule has 2 aromatic rings. The van der Waals surface area contributed by atoms with Gasteiger partial charge >= 0.3 is 0 Å². The Morgan fingerprint density at radius 2 is 1.90 bits per heavy atom. The second-order valence-corrected chi connectivity index (χ2v) is 4.25. The molecule has 0 saturated heterocycles. The standard InChI is InChI=1S/C16H14F2NO2/c1-20-15-7-5-12(6-8-15)11-21-19-10-13-3-2-4-14(9-13)16(17)18/h2-9,16H,11H2,1H3. The van der Waals surface area contributed by atoms with Crippen molar-refractivity contribution < 1.29 is 18.4 Å². The van der Waals surface area contributed by atoms with Gasteiger partial charge in [0.25, 0.3) is 6.43 Å². The summed E-state index contributed by atoms with van der Waals surface area (Å²) in [6.07, 6.45) is 0.0700. The van der Waals surface area contributed by atoms with Gasteiger partial charge in [-0.15, -0.1) is 0 Å². The molecule has 0 aromatic heterocycles. The van der Waals surface area contributed by atoms with Crippen molar-refractivity contribution in [2.45, 2.75) is 13.0 Å². The number of rotatable bonds is 6. The molecule has 1 radical (unpaired) electrons. The van der Waals surface area contributed by atoms with E-state index in [2.05, 4.69) is 11.4 Å². The summed E-state index contributed by atoms with van der Waals surface area (Å²) in [6.45, 7) is 0.269. The Balaban J connectivity index is 1.88. The maximum Gasteiger partial charge on any atom is 0.263 e. The van der Waals surface area contributed by atoms with E-state index in [4.69, 9.17) is 9.57 Å². The molecule has 5 heteroatoms. The lowest BCUT2D eigenvalue weighted by Crippen LogP contribution is -1.90. The number of alkyl halides is 2. The van der Waals surface area contributed by atoms with Crippen LogP contribution in [-0.2, 0) is 11.4 Å². The quantitative estimate of drug-likeness (QED) is 0.593. The molecule has 109 valence electrons. The van der Waals surface area contributed by atoms with E-state index < -0.39 is 6.43 Å². The lowest BCUT2D eigenvalue weighted by atomic mass is 10.1. The third kappa shape index (κ3) is 4.56. The maximum absolute atomic E-state index is 12.5. The first-order valence-electron chi connectivity index (χ1n) is 6.28. The molecule has 0 spiro atoms. The van der Waals surface area contributed by atoms with Crippen LogP contribution < -0.4 is 4.74 Å². The first kappa shape index (κ1) is 15.0. The molecule has 0 saturated carbocycles. The number of methoxy groups -OCH3 is 1. The summed E-state index contributed by atoms with van der Waals surface area (Å²) >= 11 is 0. The van der Waals surface area contributed by atoms with Crippen molar-refractivity contribution in [1.82, 2.24) is 0 Å². The summed E-state index contributed by atoms with van der Waals surface area (Å²) in [5, 5.41) is 3.65. The molecule has 0 unspecified atom stereocenters. The monoisotopic (exact) mass is 290 g/mol. The minimum atomic E-state index is -2.51. The van der Waals surface area contributed by atoms with Crippen LogP contribution in [0.25, 0.3) is 0 Å². The normalized spacial score (nSPS) is 11.0. The number of hydrogen-bond acceptors (Lipinski definition) is 3. The average Bonchev–Trinajstić information content (AvgIpc) is 2.52. The van der Waals surface area contributed by atoms with Crippen LogP contribution in [0.4, 0.5) is 8.78 Å². The zero-order valence-electron chi connectivity index (χ0n) is 11.4. The van der Waals surface area contributed by atoms with E-state index >= 15 is 0 Å². The summed E-state index contributed by atoms with van der Waals surface area (Å²) in [5.41, 5.74) is 1.30. The van der Waals surface area contributed by atoms with Crippen molar-refractivity contribution in [2.75, 3.05) is 7.11 Å². The molecule has 0 N–H and O–H groups in total.